The van der Waals surface area contributed by atoms with Gasteiger partial charge < -0.3 is 9.90 Å². The van der Waals surface area contributed by atoms with Crippen LogP contribution < -0.4 is 0 Å². The van der Waals surface area contributed by atoms with Crippen molar-refractivity contribution in [1.29, 1.82) is 0 Å². The van der Waals surface area contributed by atoms with Crippen molar-refractivity contribution in [2.24, 2.45) is 0 Å². The first-order valence-corrected chi connectivity index (χ1v) is 5.19. The molecule has 1 aromatic rings. The van der Waals surface area contributed by atoms with Crippen molar-refractivity contribution in [3.05, 3.63) is 36.4 Å². The highest BCUT2D eigenvalue weighted by Gasteiger charge is 1.87. The van der Waals surface area contributed by atoms with Crippen molar-refractivity contribution >= 4 is 11.8 Å². The van der Waals surface area contributed by atoms with Crippen LogP contribution in [0.2, 0.25) is 0 Å². The Bertz CT molecular complexity index is 237. The van der Waals surface area contributed by atoms with Crippen molar-refractivity contribution in [1.82, 2.24) is 0 Å². The average Bonchev–Trinajstić information content (AvgIpc) is 2.20. The van der Waals surface area contributed by atoms with Gasteiger partial charge >= 0.3 is 5.97 Å². The number of hydrogen-bond donors (Lipinski definition) is 1. The molecule has 1 rings (SSSR count). The fourth-order valence-electron chi connectivity index (χ4n) is 0.599. The van der Waals surface area contributed by atoms with Crippen LogP contribution in [-0.2, 0) is 9.59 Å². The van der Waals surface area contributed by atoms with Crippen molar-refractivity contribution in [2.75, 3.05) is 0 Å². The number of carbonyl (C=O) groups is 2. The van der Waals surface area contributed by atoms with Crippen LogP contribution in [0.15, 0.2) is 36.4 Å². The van der Waals surface area contributed by atoms with Crippen molar-refractivity contribution in [3.63, 3.8) is 0 Å². The third kappa shape index (κ3) is 29.4. The summed E-state index contributed by atoms with van der Waals surface area (Å²) in [4.78, 5) is 19.0. The van der Waals surface area contributed by atoms with E-state index in [0.29, 0.717) is 6.42 Å². The molecule has 0 saturated carbocycles. The highest BCUT2D eigenvalue weighted by atomic mass is 16.4. The normalized spacial score (nSPS) is 7.69. The molecular weight excluding hydrogens is 204 g/mol. The van der Waals surface area contributed by atoms with Gasteiger partial charge in [-0.25, -0.2) is 0 Å². The lowest BCUT2D eigenvalue weighted by Gasteiger charge is -1.79. The lowest BCUT2D eigenvalue weighted by molar-refractivity contribution is -0.137. The highest BCUT2D eigenvalue weighted by molar-refractivity contribution is 5.72. The number of carboxylic acid groups (broad SMARTS) is 1. The fraction of sp³-hybridized carbons (Fsp3) is 0.385. The maximum atomic E-state index is 9.60. The van der Waals surface area contributed by atoms with E-state index in [9.17, 15) is 9.59 Å². The van der Waals surface area contributed by atoms with Crippen LogP contribution in [-0.4, -0.2) is 16.9 Å². The Labute approximate surface area is 97.1 Å². The molecule has 0 atom stereocenters. The molecule has 1 aromatic carbocycles. The molecule has 0 aromatic heterocycles. The van der Waals surface area contributed by atoms with Gasteiger partial charge in [0.25, 0.3) is 0 Å². The smallest absolute Gasteiger partial charge is 0.303 e. The van der Waals surface area contributed by atoms with Crippen LogP contribution in [0.3, 0.4) is 0 Å². The molecule has 0 aliphatic rings. The number of ketones is 1. The van der Waals surface area contributed by atoms with E-state index in [-0.39, 0.29) is 5.78 Å². The topological polar surface area (TPSA) is 54.4 Å². The summed E-state index contributed by atoms with van der Waals surface area (Å²) in [5, 5.41) is 7.91. The molecule has 0 radical (unpaired) electrons. The van der Waals surface area contributed by atoms with Gasteiger partial charge in [0.15, 0.2) is 0 Å². The molecule has 0 bridgehead atoms. The molecule has 1 N–H and O–H groups in total. The number of Topliss-reactive ketones (excluding diaryl/α,β-unsaturated/α-hetero) is 1. The lowest BCUT2D eigenvalue weighted by Crippen LogP contribution is -1.90. The second-order valence-corrected chi connectivity index (χ2v) is 3.21. The summed E-state index contributed by atoms with van der Waals surface area (Å²) < 4.78 is 0. The van der Waals surface area contributed by atoms with E-state index in [0.717, 1.165) is 6.42 Å². The zero-order chi connectivity index (χ0) is 12.8. The molecule has 0 aliphatic carbocycles. The van der Waals surface area contributed by atoms with Gasteiger partial charge in [-0.1, -0.05) is 43.3 Å². The number of benzene rings is 1. The summed E-state index contributed by atoms with van der Waals surface area (Å²) >= 11 is 0. The molecule has 0 saturated heterocycles. The summed E-state index contributed by atoms with van der Waals surface area (Å²) in [6.45, 7) is 4.90. The summed E-state index contributed by atoms with van der Waals surface area (Å²) in [5.41, 5.74) is 0. The highest BCUT2D eigenvalue weighted by Crippen LogP contribution is 1.82. The SMILES string of the molecule is CC(C)=O.CCCC(=O)O.c1ccccc1. The predicted octanol–water partition coefficient (Wildman–Crippen LogP) is 3.15. The van der Waals surface area contributed by atoms with E-state index in [4.69, 9.17) is 5.11 Å². The maximum absolute atomic E-state index is 9.60. The van der Waals surface area contributed by atoms with Gasteiger partial charge in [0.1, 0.15) is 5.78 Å². The fourth-order valence-corrected chi connectivity index (χ4v) is 0.599. The van der Waals surface area contributed by atoms with Gasteiger partial charge in [-0.05, 0) is 20.3 Å². The predicted molar refractivity (Wildman–Crippen MR) is 65.3 cm³/mol. The van der Waals surface area contributed by atoms with Crippen molar-refractivity contribution < 1.29 is 14.7 Å². The van der Waals surface area contributed by atoms with E-state index in [2.05, 4.69) is 0 Å². The minimum absolute atomic E-state index is 0.167. The monoisotopic (exact) mass is 224 g/mol. The van der Waals surface area contributed by atoms with Gasteiger partial charge in [0.2, 0.25) is 0 Å². The Morgan fingerprint density at radius 2 is 1.19 bits per heavy atom. The van der Waals surface area contributed by atoms with E-state index < -0.39 is 5.97 Å². The van der Waals surface area contributed by atoms with Crippen molar-refractivity contribution in [2.45, 2.75) is 33.6 Å². The summed E-state index contributed by atoms with van der Waals surface area (Å²) in [6, 6.07) is 12.0. The van der Waals surface area contributed by atoms with Crippen molar-refractivity contribution in [3.8, 4) is 0 Å². The minimum atomic E-state index is -0.711. The van der Waals surface area contributed by atoms with Crippen LogP contribution in [0.5, 0.6) is 0 Å². The molecular formula is C13H20O3. The second-order valence-electron chi connectivity index (χ2n) is 3.21. The van der Waals surface area contributed by atoms with Gasteiger partial charge in [-0.3, -0.25) is 4.79 Å². The molecule has 0 spiro atoms. The zero-order valence-electron chi connectivity index (χ0n) is 10.1. The Hall–Kier alpha value is -1.64. The van der Waals surface area contributed by atoms with Gasteiger partial charge in [-0.2, -0.15) is 0 Å². The Balaban J connectivity index is 0. The Kier molecular flexibility index (Phi) is 14.0. The van der Waals surface area contributed by atoms with E-state index in [1.54, 1.807) is 0 Å². The Morgan fingerprint density at radius 1 is 0.938 bits per heavy atom. The number of aliphatic carboxylic acids is 1. The molecule has 0 heterocycles. The lowest BCUT2D eigenvalue weighted by atomic mass is 10.4. The van der Waals surface area contributed by atoms with Crippen LogP contribution in [0, 0.1) is 0 Å². The standard InChI is InChI=1S/C6H6.C4H8O2.C3H6O/c1-2-4-6-5-3-1;1-2-3-4(5)6;1-3(2)4/h1-6H;2-3H2,1H3,(H,5,6);1-2H3. The first-order chi connectivity index (χ1) is 7.50. The minimum Gasteiger partial charge on any atom is -0.481 e. The molecule has 3 heteroatoms. The molecule has 0 fully saturated rings. The average molecular weight is 224 g/mol. The number of rotatable bonds is 2. The molecule has 0 amide bonds. The number of carboxylic acids is 1. The van der Waals surface area contributed by atoms with E-state index >= 15 is 0 Å². The quantitative estimate of drug-likeness (QED) is 0.839. The molecule has 0 unspecified atom stereocenters. The third-order valence-corrected chi connectivity index (χ3v) is 1.13. The van der Waals surface area contributed by atoms with Crippen LogP contribution in [0.25, 0.3) is 0 Å². The molecule has 0 aliphatic heterocycles. The third-order valence-electron chi connectivity index (χ3n) is 1.13. The molecule has 16 heavy (non-hydrogen) atoms. The van der Waals surface area contributed by atoms with E-state index in [1.165, 1.54) is 13.8 Å². The summed E-state index contributed by atoms with van der Waals surface area (Å²) in [5.74, 6) is -0.544. The van der Waals surface area contributed by atoms with Gasteiger partial charge in [0.05, 0.1) is 0 Å². The first kappa shape index (κ1) is 16.8. The summed E-state index contributed by atoms with van der Waals surface area (Å²) in [7, 11) is 0. The van der Waals surface area contributed by atoms with Crippen LogP contribution >= 0.6 is 0 Å². The zero-order valence-corrected chi connectivity index (χ0v) is 10.1. The Morgan fingerprint density at radius 3 is 1.25 bits per heavy atom. The molecule has 90 valence electrons. The maximum Gasteiger partial charge on any atom is 0.303 e. The van der Waals surface area contributed by atoms with Gasteiger partial charge in [-0.15, -0.1) is 0 Å². The largest absolute Gasteiger partial charge is 0.481 e. The molecule has 3 nitrogen and oxygen atoms in total. The van der Waals surface area contributed by atoms with Crippen LogP contribution in [0.1, 0.15) is 33.6 Å². The van der Waals surface area contributed by atoms with E-state index in [1.807, 2.05) is 43.3 Å². The number of carbonyl (C=O) groups excluding carboxylic acids is 1. The second kappa shape index (κ2) is 13.4. The van der Waals surface area contributed by atoms with Gasteiger partial charge in [0, 0.05) is 6.42 Å². The number of hydrogen-bond acceptors (Lipinski definition) is 2. The van der Waals surface area contributed by atoms with Crippen LogP contribution in [0.4, 0.5) is 0 Å². The first-order valence-electron chi connectivity index (χ1n) is 5.19. The summed E-state index contributed by atoms with van der Waals surface area (Å²) in [6.07, 6.45) is 1.02.